The quantitative estimate of drug-likeness (QED) is 0.464. The van der Waals surface area contributed by atoms with Crippen LogP contribution in [0.2, 0.25) is 0 Å². The lowest BCUT2D eigenvalue weighted by atomic mass is 9.45. The lowest BCUT2D eigenvalue weighted by molar-refractivity contribution is -0.0755. The molecule has 3 rings (SSSR count). The lowest BCUT2D eigenvalue weighted by Crippen LogP contribution is -2.52. The molecule has 0 spiro atoms. The predicted molar refractivity (Wildman–Crippen MR) is 121 cm³/mol. The monoisotopic (exact) mass is 388 g/mol. The molecule has 2 fully saturated rings. The van der Waals surface area contributed by atoms with Crippen LogP contribution in [0.4, 0.5) is 0 Å². The van der Waals surface area contributed by atoms with E-state index in [2.05, 4.69) is 54.5 Å². The Hall–Kier alpha value is -0.300. The van der Waals surface area contributed by atoms with Crippen LogP contribution in [0.1, 0.15) is 106 Å². The normalized spacial score (nSPS) is 43.1. The van der Waals surface area contributed by atoms with Crippen LogP contribution in [-0.4, -0.2) is 11.2 Å². The standard InChI is InChI=1S/C27H48O/c1-18(2)9-8-10-19(3)20(4)26(6)16-14-25-24(21(26)5)12-11-22-17-23(28)13-15-27(22,25)7/h11,18-21,23-25,28H,8-10,12-17H2,1-7H3/t19-,20-,21+,23+,24+,25+,26-,27+/m1/s1. The van der Waals surface area contributed by atoms with E-state index in [1.54, 1.807) is 5.57 Å². The first-order valence-electron chi connectivity index (χ1n) is 12.5. The van der Waals surface area contributed by atoms with Crippen molar-refractivity contribution in [2.45, 2.75) is 112 Å². The highest BCUT2D eigenvalue weighted by atomic mass is 16.3. The molecule has 0 aliphatic heterocycles. The first-order chi connectivity index (χ1) is 13.1. The number of rotatable bonds is 6. The van der Waals surface area contributed by atoms with E-state index in [0.29, 0.717) is 10.8 Å². The van der Waals surface area contributed by atoms with Gasteiger partial charge in [0.2, 0.25) is 0 Å². The Morgan fingerprint density at radius 3 is 2.46 bits per heavy atom. The Morgan fingerprint density at radius 2 is 1.79 bits per heavy atom. The molecular weight excluding hydrogens is 340 g/mol. The van der Waals surface area contributed by atoms with Gasteiger partial charge in [-0.25, -0.2) is 0 Å². The highest BCUT2D eigenvalue weighted by Crippen LogP contribution is 2.63. The van der Waals surface area contributed by atoms with Gasteiger partial charge in [-0.1, -0.05) is 79.4 Å². The first kappa shape index (κ1) is 22.4. The van der Waals surface area contributed by atoms with E-state index in [4.69, 9.17) is 0 Å². The molecule has 28 heavy (non-hydrogen) atoms. The molecule has 0 unspecified atom stereocenters. The van der Waals surface area contributed by atoms with Crippen molar-refractivity contribution in [1.29, 1.82) is 0 Å². The maximum Gasteiger partial charge on any atom is 0.0577 e. The molecule has 0 heterocycles. The molecule has 1 heteroatoms. The van der Waals surface area contributed by atoms with Crippen molar-refractivity contribution in [1.82, 2.24) is 0 Å². The molecule has 1 N–H and O–H groups in total. The van der Waals surface area contributed by atoms with Crippen molar-refractivity contribution in [3.8, 4) is 0 Å². The van der Waals surface area contributed by atoms with Crippen LogP contribution in [0.3, 0.4) is 0 Å². The van der Waals surface area contributed by atoms with Gasteiger partial charge >= 0.3 is 0 Å². The van der Waals surface area contributed by atoms with Crippen molar-refractivity contribution in [3.63, 3.8) is 0 Å². The van der Waals surface area contributed by atoms with Crippen LogP contribution in [0.5, 0.6) is 0 Å². The third kappa shape index (κ3) is 3.99. The molecular formula is C27H48O. The van der Waals surface area contributed by atoms with Crippen LogP contribution in [-0.2, 0) is 0 Å². The highest BCUT2D eigenvalue weighted by molar-refractivity contribution is 5.24. The van der Waals surface area contributed by atoms with Gasteiger partial charge in [-0.3, -0.25) is 0 Å². The zero-order valence-corrected chi connectivity index (χ0v) is 19.9. The molecule has 0 aromatic rings. The van der Waals surface area contributed by atoms with Crippen LogP contribution >= 0.6 is 0 Å². The van der Waals surface area contributed by atoms with E-state index in [-0.39, 0.29) is 6.10 Å². The van der Waals surface area contributed by atoms with E-state index in [1.165, 1.54) is 44.9 Å². The minimum absolute atomic E-state index is 0.0890. The number of fused-ring (bicyclic) bond motifs is 3. The summed E-state index contributed by atoms with van der Waals surface area (Å²) < 4.78 is 0. The second-order valence-corrected chi connectivity index (χ2v) is 12.0. The summed E-state index contributed by atoms with van der Waals surface area (Å²) in [5, 5.41) is 10.2. The van der Waals surface area contributed by atoms with Crippen LogP contribution in [0.15, 0.2) is 11.6 Å². The van der Waals surface area contributed by atoms with Gasteiger partial charge < -0.3 is 5.11 Å². The summed E-state index contributed by atoms with van der Waals surface area (Å²) in [5.74, 6) is 4.96. The molecule has 3 aliphatic carbocycles. The first-order valence-corrected chi connectivity index (χ1v) is 12.5. The zero-order valence-electron chi connectivity index (χ0n) is 19.9. The zero-order chi connectivity index (χ0) is 20.7. The second kappa shape index (κ2) is 8.44. The maximum absolute atomic E-state index is 10.2. The van der Waals surface area contributed by atoms with Crippen LogP contribution in [0.25, 0.3) is 0 Å². The molecule has 0 aromatic heterocycles. The number of aliphatic hydroxyl groups is 1. The average Bonchev–Trinajstić information content (AvgIpc) is 2.64. The summed E-state index contributed by atoms with van der Waals surface area (Å²) >= 11 is 0. The number of hydrogen-bond acceptors (Lipinski definition) is 1. The molecule has 1 nitrogen and oxygen atoms in total. The predicted octanol–water partition coefficient (Wildman–Crippen LogP) is 7.63. The number of hydrogen-bond donors (Lipinski definition) is 1. The Bertz CT molecular complexity index is 563. The van der Waals surface area contributed by atoms with E-state index in [9.17, 15) is 5.11 Å². The van der Waals surface area contributed by atoms with Gasteiger partial charge in [0.15, 0.2) is 0 Å². The van der Waals surface area contributed by atoms with Gasteiger partial charge in [0.05, 0.1) is 6.10 Å². The third-order valence-corrected chi connectivity index (χ3v) is 10.2. The summed E-state index contributed by atoms with van der Waals surface area (Å²) in [6.45, 7) is 17.6. The van der Waals surface area contributed by atoms with Gasteiger partial charge in [0.25, 0.3) is 0 Å². The van der Waals surface area contributed by atoms with E-state index < -0.39 is 0 Å². The minimum Gasteiger partial charge on any atom is -0.393 e. The van der Waals surface area contributed by atoms with E-state index in [1.807, 2.05) is 0 Å². The third-order valence-electron chi connectivity index (χ3n) is 10.2. The number of allylic oxidation sites excluding steroid dienone is 1. The molecule has 0 amide bonds. The Kier molecular flexibility index (Phi) is 6.75. The SMILES string of the molecule is CC(C)CCC[C@@H](C)[C@@H](C)[C@@]1(C)CC[C@H]2[C@@H](CC=C3C[C@@H](O)CC[C@@]32C)[C@@H]1C. The maximum atomic E-state index is 10.2. The second-order valence-electron chi connectivity index (χ2n) is 12.0. The van der Waals surface area contributed by atoms with Gasteiger partial charge in [0.1, 0.15) is 0 Å². The summed E-state index contributed by atoms with van der Waals surface area (Å²) in [5.41, 5.74) is 2.44. The average molecular weight is 389 g/mol. The summed E-state index contributed by atoms with van der Waals surface area (Å²) in [6, 6.07) is 0. The molecule has 3 aliphatic rings. The number of aliphatic hydroxyl groups excluding tert-OH is 1. The van der Waals surface area contributed by atoms with Gasteiger partial charge in [-0.2, -0.15) is 0 Å². The smallest absolute Gasteiger partial charge is 0.0577 e. The fourth-order valence-electron chi connectivity index (χ4n) is 7.53. The van der Waals surface area contributed by atoms with Crippen molar-refractivity contribution >= 4 is 0 Å². The molecule has 2 saturated carbocycles. The minimum atomic E-state index is -0.0890. The van der Waals surface area contributed by atoms with Gasteiger partial charge in [-0.15, -0.1) is 0 Å². The van der Waals surface area contributed by atoms with E-state index in [0.717, 1.165) is 48.3 Å². The van der Waals surface area contributed by atoms with Crippen molar-refractivity contribution < 1.29 is 5.11 Å². The van der Waals surface area contributed by atoms with Crippen molar-refractivity contribution in [2.75, 3.05) is 0 Å². The van der Waals surface area contributed by atoms with Crippen LogP contribution < -0.4 is 0 Å². The molecule has 0 radical (unpaired) electrons. The summed E-state index contributed by atoms with van der Waals surface area (Å²) in [4.78, 5) is 0. The topological polar surface area (TPSA) is 20.2 Å². The molecule has 8 atom stereocenters. The van der Waals surface area contributed by atoms with Gasteiger partial charge in [0, 0.05) is 0 Å². The van der Waals surface area contributed by atoms with E-state index >= 15 is 0 Å². The lowest BCUT2D eigenvalue weighted by Gasteiger charge is -2.59. The largest absolute Gasteiger partial charge is 0.393 e. The van der Waals surface area contributed by atoms with Crippen molar-refractivity contribution in [3.05, 3.63) is 11.6 Å². The Morgan fingerprint density at radius 1 is 1.07 bits per heavy atom. The molecule has 0 saturated heterocycles. The molecule has 0 aromatic carbocycles. The van der Waals surface area contributed by atoms with Crippen LogP contribution in [0, 0.1) is 46.3 Å². The Labute approximate surface area is 175 Å². The molecule has 0 bridgehead atoms. The Balaban J connectivity index is 1.72. The fourth-order valence-corrected chi connectivity index (χ4v) is 7.53. The van der Waals surface area contributed by atoms with Gasteiger partial charge in [-0.05, 0) is 84.9 Å². The van der Waals surface area contributed by atoms with Crippen molar-refractivity contribution in [2.24, 2.45) is 46.3 Å². The fraction of sp³-hybridized carbons (Fsp3) is 0.926. The summed E-state index contributed by atoms with van der Waals surface area (Å²) in [7, 11) is 0. The highest BCUT2D eigenvalue weighted by Gasteiger charge is 2.54. The molecule has 162 valence electrons. The summed E-state index contributed by atoms with van der Waals surface area (Å²) in [6.07, 6.45) is 13.8.